The molecule has 0 saturated carbocycles. The fourth-order valence-corrected chi connectivity index (χ4v) is 2.39. The van der Waals surface area contributed by atoms with Gasteiger partial charge in [0.05, 0.1) is 0 Å². The second kappa shape index (κ2) is 8.53. The van der Waals surface area contributed by atoms with Crippen molar-refractivity contribution < 1.29 is 4.79 Å². The Labute approximate surface area is 121 Å². The number of hydrogen-bond acceptors (Lipinski definition) is 4. The molecule has 0 aliphatic carbocycles. The van der Waals surface area contributed by atoms with E-state index in [4.69, 9.17) is 0 Å². The Kier molecular flexibility index (Phi) is 7.34. The van der Waals surface area contributed by atoms with Gasteiger partial charge in [-0.05, 0) is 49.8 Å². The number of likely N-dealkylation sites (N-methyl/N-ethyl adjacent to an activating group) is 1. The van der Waals surface area contributed by atoms with Crippen LogP contribution < -0.4 is 10.0 Å². The molecule has 18 heavy (non-hydrogen) atoms. The van der Waals surface area contributed by atoms with Gasteiger partial charge in [0.15, 0.2) is 0 Å². The van der Waals surface area contributed by atoms with Crippen LogP contribution in [-0.4, -0.2) is 38.5 Å². The Balaban J connectivity index is 2.48. The SMILES string of the molecule is CN(C)CCNSc1ccc(Br)c(CNC=O)c1. The van der Waals surface area contributed by atoms with Gasteiger partial charge in [-0.25, -0.2) is 0 Å². The zero-order chi connectivity index (χ0) is 13.4. The van der Waals surface area contributed by atoms with Crippen molar-refractivity contribution in [3.8, 4) is 0 Å². The molecule has 0 saturated heterocycles. The van der Waals surface area contributed by atoms with Crippen LogP contribution in [0.2, 0.25) is 0 Å². The molecule has 0 aromatic heterocycles. The van der Waals surface area contributed by atoms with Gasteiger partial charge in [0.2, 0.25) is 6.41 Å². The van der Waals surface area contributed by atoms with Crippen LogP contribution in [0.3, 0.4) is 0 Å². The van der Waals surface area contributed by atoms with Crippen molar-refractivity contribution in [2.75, 3.05) is 27.2 Å². The minimum atomic E-state index is 0.538. The largest absolute Gasteiger partial charge is 0.355 e. The molecule has 1 rings (SSSR count). The van der Waals surface area contributed by atoms with Crippen molar-refractivity contribution in [3.63, 3.8) is 0 Å². The van der Waals surface area contributed by atoms with Crippen LogP contribution in [0.4, 0.5) is 0 Å². The van der Waals surface area contributed by atoms with Crippen molar-refractivity contribution in [2.45, 2.75) is 11.4 Å². The first-order chi connectivity index (χ1) is 8.63. The summed E-state index contributed by atoms with van der Waals surface area (Å²) in [6, 6.07) is 6.10. The molecule has 0 spiro atoms. The summed E-state index contributed by atoms with van der Waals surface area (Å²) in [7, 11) is 4.10. The third-order valence-electron chi connectivity index (χ3n) is 2.24. The molecular formula is C12H18BrN3OS. The Morgan fingerprint density at radius 2 is 2.22 bits per heavy atom. The molecule has 1 aromatic rings. The van der Waals surface area contributed by atoms with E-state index in [1.54, 1.807) is 11.9 Å². The first-order valence-electron chi connectivity index (χ1n) is 5.63. The number of halogens is 1. The van der Waals surface area contributed by atoms with Crippen LogP contribution in [0.25, 0.3) is 0 Å². The lowest BCUT2D eigenvalue weighted by atomic mass is 10.2. The minimum Gasteiger partial charge on any atom is -0.355 e. The summed E-state index contributed by atoms with van der Waals surface area (Å²) >= 11 is 5.07. The maximum Gasteiger partial charge on any atom is 0.207 e. The van der Waals surface area contributed by atoms with Gasteiger partial charge in [0.25, 0.3) is 0 Å². The van der Waals surface area contributed by atoms with Crippen LogP contribution in [0.1, 0.15) is 5.56 Å². The normalized spacial score (nSPS) is 10.7. The molecule has 1 amide bonds. The first-order valence-corrected chi connectivity index (χ1v) is 7.24. The molecule has 0 unspecified atom stereocenters. The number of rotatable bonds is 8. The minimum absolute atomic E-state index is 0.538. The number of amides is 1. The molecule has 0 atom stereocenters. The highest BCUT2D eigenvalue weighted by molar-refractivity contribution is 9.10. The van der Waals surface area contributed by atoms with Gasteiger partial charge in [-0.1, -0.05) is 15.9 Å². The van der Waals surface area contributed by atoms with Crippen molar-refractivity contribution in [1.29, 1.82) is 0 Å². The fraction of sp³-hybridized carbons (Fsp3) is 0.417. The molecule has 0 radical (unpaired) electrons. The summed E-state index contributed by atoms with van der Waals surface area (Å²) in [5.74, 6) is 0. The number of carbonyl (C=O) groups is 1. The zero-order valence-electron chi connectivity index (χ0n) is 10.6. The monoisotopic (exact) mass is 331 g/mol. The standard InChI is InChI=1S/C12H18BrN3OS/c1-16(2)6-5-15-18-11-3-4-12(13)10(7-11)8-14-9-17/h3-4,7,9,15H,5-6,8H2,1-2H3,(H,14,17). The average molecular weight is 332 g/mol. The molecule has 1 aromatic carbocycles. The summed E-state index contributed by atoms with van der Waals surface area (Å²) in [4.78, 5) is 13.6. The van der Waals surface area contributed by atoms with Gasteiger partial charge in [-0.2, -0.15) is 0 Å². The van der Waals surface area contributed by atoms with E-state index < -0.39 is 0 Å². The Morgan fingerprint density at radius 1 is 1.44 bits per heavy atom. The number of nitrogens with zero attached hydrogens (tertiary/aromatic N) is 1. The zero-order valence-corrected chi connectivity index (χ0v) is 13.0. The lowest BCUT2D eigenvalue weighted by molar-refractivity contribution is -0.109. The number of benzene rings is 1. The molecule has 2 N–H and O–H groups in total. The van der Waals surface area contributed by atoms with Crippen molar-refractivity contribution in [1.82, 2.24) is 14.9 Å². The highest BCUT2D eigenvalue weighted by Crippen LogP contribution is 2.23. The van der Waals surface area contributed by atoms with E-state index in [2.05, 4.69) is 51.0 Å². The maximum absolute atomic E-state index is 10.3. The number of hydrogen-bond donors (Lipinski definition) is 2. The van der Waals surface area contributed by atoms with Crippen LogP contribution in [0, 0.1) is 0 Å². The van der Waals surface area contributed by atoms with Gasteiger partial charge in [0, 0.05) is 29.0 Å². The predicted octanol–water partition coefficient (Wildman–Crippen LogP) is 1.85. The smallest absolute Gasteiger partial charge is 0.207 e. The lowest BCUT2D eigenvalue weighted by Gasteiger charge is -2.11. The summed E-state index contributed by atoms with van der Waals surface area (Å²) in [6.07, 6.45) is 0.710. The Morgan fingerprint density at radius 3 is 2.89 bits per heavy atom. The van der Waals surface area contributed by atoms with Gasteiger partial charge in [-0.3, -0.25) is 9.52 Å². The predicted molar refractivity (Wildman–Crippen MR) is 79.5 cm³/mol. The summed E-state index contributed by atoms with van der Waals surface area (Å²) in [5, 5.41) is 2.67. The summed E-state index contributed by atoms with van der Waals surface area (Å²) in [6.45, 7) is 2.47. The fourth-order valence-electron chi connectivity index (χ4n) is 1.31. The van der Waals surface area contributed by atoms with Gasteiger partial charge < -0.3 is 10.2 Å². The van der Waals surface area contributed by atoms with Gasteiger partial charge in [0.1, 0.15) is 0 Å². The van der Waals surface area contributed by atoms with Crippen LogP contribution in [-0.2, 0) is 11.3 Å². The van der Waals surface area contributed by atoms with E-state index in [-0.39, 0.29) is 0 Å². The van der Waals surface area contributed by atoms with Crippen molar-refractivity contribution >= 4 is 34.3 Å². The number of carbonyl (C=O) groups excluding carboxylic acids is 1. The van der Waals surface area contributed by atoms with Gasteiger partial charge in [-0.15, -0.1) is 0 Å². The van der Waals surface area contributed by atoms with Crippen LogP contribution in [0.5, 0.6) is 0 Å². The van der Waals surface area contributed by atoms with Crippen molar-refractivity contribution in [2.24, 2.45) is 0 Å². The van der Waals surface area contributed by atoms with Gasteiger partial charge >= 0.3 is 0 Å². The molecule has 0 heterocycles. The highest BCUT2D eigenvalue weighted by Gasteiger charge is 2.02. The van der Waals surface area contributed by atoms with E-state index in [0.717, 1.165) is 28.0 Å². The van der Waals surface area contributed by atoms with Crippen molar-refractivity contribution in [3.05, 3.63) is 28.2 Å². The van der Waals surface area contributed by atoms with Crippen LogP contribution in [0.15, 0.2) is 27.6 Å². The average Bonchev–Trinajstić information content (AvgIpc) is 2.34. The Hall–Kier alpha value is -0.560. The van der Waals surface area contributed by atoms with E-state index in [9.17, 15) is 4.79 Å². The maximum atomic E-state index is 10.3. The first kappa shape index (κ1) is 15.5. The summed E-state index contributed by atoms with van der Waals surface area (Å²) in [5.41, 5.74) is 1.07. The molecule has 0 bridgehead atoms. The molecule has 0 fully saturated rings. The highest BCUT2D eigenvalue weighted by atomic mass is 79.9. The lowest BCUT2D eigenvalue weighted by Crippen LogP contribution is -2.22. The molecule has 0 aliphatic heterocycles. The molecule has 100 valence electrons. The third-order valence-corrected chi connectivity index (χ3v) is 3.86. The second-order valence-corrected chi connectivity index (χ2v) is 5.87. The molecule has 0 aliphatic rings. The molecule has 4 nitrogen and oxygen atoms in total. The third kappa shape index (κ3) is 5.86. The van der Waals surface area contributed by atoms with E-state index >= 15 is 0 Å². The number of nitrogens with one attached hydrogen (secondary N) is 2. The second-order valence-electron chi connectivity index (χ2n) is 4.05. The van der Waals surface area contributed by atoms with Crippen LogP contribution >= 0.6 is 27.9 Å². The summed E-state index contributed by atoms with van der Waals surface area (Å²) < 4.78 is 4.31. The molecular weight excluding hydrogens is 314 g/mol. The van der Waals surface area contributed by atoms with E-state index in [0.29, 0.717) is 13.0 Å². The van der Waals surface area contributed by atoms with E-state index in [1.165, 1.54) is 0 Å². The molecule has 6 heteroatoms. The van der Waals surface area contributed by atoms with E-state index in [1.807, 2.05) is 12.1 Å². The quantitative estimate of drug-likeness (QED) is 0.433. The Bertz CT molecular complexity index is 388. The topological polar surface area (TPSA) is 44.4 Å².